The van der Waals surface area contributed by atoms with Gasteiger partial charge in [-0.25, -0.2) is 4.98 Å². The van der Waals surface area contributed by atoms with E-state index in [1.54, 1.807) is 68.7 Å². The molecule has 8 heteroatoms. The number of halogens is 1. The number of carbonyl (C=O) groups excluding carboxylic acids is 1. The molecule has 2 aromatic carbocycles. The molecule has 0 spiro atoms. The molecule has 0 aliphatic rings. The monoisotopic (exact) mass is 423 g/mol. The van der Waals surface area contributed by atoms with Gasteiger partial charge >= 0.3 is 0 Å². The van der Waals surface area contributed by atoms with E-state index in [4.69, 9.17) is 20.8 Å². The van der Waals surface area contributed by atoms with Crippen LogP contribution in [0.2, 0.25) is 5.02 Å². The minimum absolute atomic E-state index is 0.0239. The van der Waals surface area contributed by atoms with Gasteiger partial charge in [0.2, 0.25) is 5.89 Å². The molecule has 1 amide bonds. The van der Waals surface area contributed by atoms with Gasteiger partial charge in [0.25, 0.3) is 5.91 Å². The number of nitrogens with one attached hydrogen (secondary N) is 1. The lowest BCUT2D eigenvalue weighted by Gasteiger charge is -2.25. The Hall–Kier alpha value is -3.58. The second kappa shape index (κ2) is 7.68. The van der Waals surface area contributed by atoms with Gasteiger partial charge in [0.1, 0.15) is 17.0 Å². The number of ether oxygens (including phenoxy) is 1. The molecule has 0 atom stereocenters. The van der Waals surface area contributed by atoms with Crippen LogP contribution in [0.3, 0.4) is 0 Å². The number of nitrogens with zero attached hydrogens (tertiary/aromatic N) is 2. The summed E-state index contributed by atoms with van der Waals surface area (Å²) in [6.45, 7) is 3.32. The molecule has 4 aromatic rings. The van der Waals surface area contributed by atoms with Crippen molar-refractivity contribution in [2.45, 2.75) is 19.4 Å². The minimum atomic E-state index is -1.16. The average molecular weight is 424 g/mol. The van der Waals surface area contributed by atoms with Crippen molar-refractivity contribution in [1.82, 2.24) is 9.97 Å². The number of amides is 1. The molecule has 0 aliphatic heterocycles. The van der Waals surface area contributed by atoms with Crippen molar-refractivity contribution < 1.29 is 19.1 Å². The minimum Gasteiger partial charge on any atom is -0.507 e. The van der Waals surface area contributed by atoms with Gasteiger partial charge in [-0.15, -0.1) is 0 Å². The van der Waals surface area contributed by atoms with Crippen molar-refractivity contribution in [2.75, 3.05) is 5.32 Å². The van der Waals surface area contributed by atoms with E-state index in [2.05, 4.69) is 15.3 Å². The number of phenolic OH excluding ortho intramolecular Hbond substituents is 1. The Balaban J connectivity index is 1.56. The average Bonchev–Trinajstić information content (AvgIpc) is 3.15. The number of oxazole rings is 1. The van der Waals surface area contributed by atoms with E-state index < -0.39 is 5.60 Å². The summed E-state index contributed by atoms with van der Waals surface area (Å²) in [4.78, 5) is 21.1. The number of anilines is 1. The van der Waals surface area contributed by atoms with Crippen LogP contribution in [0.1, 0.15) is 13.8 Å². The lowest BCUT2D eigenvalue weighted by atomic mass is 10.1. The summed E-state index contributed by atoms with van der Waals surface area (Å²) in [6.07, 6.45) is 3.16. The van der Waals surface area contributed by atoms with Crippen LogP contribution in [0.5, 0.6) is 11.5 Å². The van der Waals surface area contributed by atoms with Crippen molar-refractivity contribution in [2.24, 2.45) is 0 Å². The fraction of sp³-hybridized carbons (Fsp3) is 0.136. The normalized spacial score (nSPS) is 11.4. The zero-order valence-electron chi connectivity index (χ0n) is 16.2. The maximum Gasteiger partial charge on any atom is 0.267 e. The van der Waals surface area contributed by atoms with Gasteiger partial charge in [-0.2, -0.15) is 0 Å². The van der Waals surface area contributed by atoms with E-state index in [1.165, 1.54) is 6.07 Å². The maximum absolute atomic E-state index is 12.8. The predicted octanol–water partition coefficient (Wildman–Crippen LogP) is 5.04. The Morgan fingerprint density at radius 1 is 1.17 bits per heavy atom. The summed E-state index contributed by atoms with van der Waals surface area (Å²) in [7, 11) is 0. The third-order valence-electron chi connectivity index (χ3n) is 4.41. The van der Waals surface area contributed by atoms with E-state index in [-0.39, 0.29) is 17.5 Å². The van der Waals surface area contributed by atoms with E-state index in [9.17, 15) is 9.90 Å². The Morgan fingerprint density at radius 3 is 2.67 bits per heavy atom. The van der Waals surface area contributed by atoms with Gasteiger partial charge in [-0.1, -0.05) is 11.6 Å². The number of rotatable bonds is 5. The van der Waals surface area contributed by atoms with Crippen LogP contribution in [0.4, 0.5) is 5.69 Å². The van der Waals surface area contributed by atoms with Gasteiger partial charge in [0.15, 0.2) is 11.2 Å². The molecular formula is C22H18ClN3O4. The summed E-state index contributed by atoms with van der Waals surface area (Å²) >= 11 is 5.89. The van der Waals surface area contributed by atoms with Crippen LogP contribution < -0.4 is 10.1 Å². The maximum atomic E-state index is 12.8. The molecule has 7 nitrogen and oxygen atoms in total. The Kier molecular flexibility index (Phi) is 5.05. The zero-order valence-corrected chi connectivity index (χ0v) is 17.0. The molecule has 2 aromatic heterocycles. The summed E-state index contributed by atoms with van der Waals surface area (Å²) < 4.78 is 11.5. The van der Waals surface area contributed by atoms with Crippen LogP contribution in [-0.2, 0) is 4.79 Å². The third kappa shape index (κ3) is 4.06. The smallest absolute Gasteiger partial charge is 0.267 e. The molecule has 0 aliphatic carbocycles. The number of benzene rings is 2. The Labute approximate surface area is 177 Å². The van der Waals surface area contributed by atoms with E-state index in [0.717, 1.165) is 0 Å². The molecule has 0 fully saturated rings. The lowest BCUT2D eigenvalue weighted by molar-refractivity contribution is -0.128. The largest absolute Gasteiger partial charge is 0.507 e. The van der Waals surface area contributed by atoms with Gasteiger partial charge in [-0.3, -0.25) is 9.78 Å². The number of hydrogen-bond donors (Lipinski definition) is 2. The highest BCUT2D eigenvalue weighted by molar-refractivity contribution is 6.30. The molecular weight excluding hydrogens is 406 g/mol. The summed E-state index contributed by atoms with van der Waals surface area (Å²) in [5, 5.41) is 13.6. The summed E-state index contributed by atoms with van der Waals surface area (Å²) in [5.41, 5.74) is 0.765. The second-order valence-electron chi connectivity index (χ2n) is 7.11. The summed E-state index contributed by atoms with van der Waals surface area (Å²) in [6, 6.07) is 13.1. The van der Waals surface area contributed by atoms with Crippen molar-refractivity contribution in [3.8, 4) is 23.0 Å². The molecule has 2 heterocycles. The molecule has 30 heavy (non-hydrogen) atoms. The first-order chi connectivity index (χ1) is 14.3. The molecule has 0 bridgehead atoms. The number of carbonyl (C=O) groups is 1. The van der Waals surface area contributed by atoms with Crippen molar-refractivity contribution in [1.29, 1.82) is 0 Å². The van der Waals surface area contributed by atoms with Gasteiger partial charge < -0.3 is 19.6 Å². The second-order valence-corrected chi connectivity index (χ2v) is 7.55. The van der Waals surface area contributed by atoms with E-state index in [0.29, 0.717) is 33.1 Å². The fourth-order valence-electron chi connectivity index (χ4n) is 2.81. The first kappa shape index (κ1) is 19.7. The number of phenols is 1. The fourth-order valence-corrected chi connectivity index (χ4v) is 2.93. The van der Waals surface area contributed by atoms with Gasteiger partial charge in [0.05, 0.1) is 11.8 Å². The number of hydrogen-bond acceptors (Lipinski definition) is 6. The molecule has 152 valence electrons. The SMILES string of the molecule is CC(C)(Oc1ccc(Cl)cc1)C(=O)Nc1ccc(O)c(-c2nc3cnccc3o2)c1. The highest BCUT2D eigenvalue weighted by Gasteiger charge is 2.30. The molecule has 0 unspecified atom stereocenters. The highest BCUT2D eigenvalue weighted by Crippen LogP contribution is 2.33. The molecule has 0 saturated heterocycles. The highest BCUT2D eigenvalue weighted by atomic mass is 35.5. The number of aromatic nitrogens is 2. The van der Waals surface area contributed by atoms with Crippen molar-refractivity contribution >= 4 is 34.3 Å². The molecule has 0 saturated carbocycles. The van der Waals surface area contributed by atoms with Crippen LogP contribution in [-0.4, -0.2) is 26.6 Å². The standard InChI is InChI=1S/C22H18ClN3O4/c1-22(2,30-15-6-3-13(23)4-7-15)21(28)25-14-5-8-18(27)16(11-14)20-26-17-12-24-10-9-19(17)29-20/h3-12,27H,1-2H3,(H,25,28). The lowest BCUT2D eigenvalue weighted by Crippen LogP contribution is -2.42. The first-order valence-corrected chi connectivity index (χ1v) is 9.49. The topological polar surface area (TPSA) is 97.5 Å². The number of aromatic hydroxyl groups is 1. The Morgan fingerprint density at radius 2 is 1.93 bits per heavy atom. The Bertz CT molecular complexity index is 1190. The molecule has 2 N–H and O–H groups in total. The quantitative estimate of drug-likeness (QED) is 0.436. The van der Waals surface area contributed by atoms with Crippen LogP contribution in [0.25, 0.3) is 22.6 Å². The zero-order chi connectivity index (χ0) is 21.3. The number of pyridine rings is 1. The number of fused-ring (bicyclic) bond motifs is 1. The predicted molar refractivity (Wildman–Crippen MR) is 114 cm³/mol. The molecule has 4 rings (SSSR count). The molecule has 0 radical (unpaired) electrons. The summed E-state index contributed by atoms with van der Waals surface area (Å²) in [5.74, 6) is 0.356. The van der Waals surface area contributed by atoms with Crippen LogP contribution in [0, 0.1) is 0 Å². The van der Waals surface area contributed by atoms with Gasteiger partial charge in [0, 0.05) is 23.0 Å². The van der Waals surface area contributed by atoms with E-state index in [1.807, 2.05) is 0 Å². The van der Waals surface area contributed by atoms with Crippen molar-refractivity contribution in [3.05, 3.63) is 65.9 Å². The van der Waals surface area contributed by atoms with Crippen LogP contribution in [0.15, 0.2) is 65.3 Å². The first-order valence-electron chi connectivity index (χ1n) is 9.12. The van der Waals surface area contributed by atoms with Crippen LogP contribution >= 0.6 is 11.6 Å². The van der Waals surface area contributed by atoms with Crippen molar-refractivity contribution in [3.63, 3.8) is 0 Å². The van der Waals surface area contributed by atoms with Gasteiger partial charge in [-0.05, 0) is 56.3 Å². The van der Waals surface area contributed by atoms with E-state index >= 15 is 0 Å². The third-order valence-corrected chi connectivity index (χ3v) is 4.66.